The Bertz CT molecular complexity index is 312. The monoisotopic (exact) mass is 247 g/mol. The van der Waals surface area contributed by atoms with Gasteiger partial charge in [0.15, 0.2) is 0 Å². The van der Waals surface area contributed by atoms with Gasteiger partial charge >= 0.3 is 0 Å². The average Bonchev–Trinajstić information content (AvgIpc) is 1.94. The van der Waals surface area contributed by atoms with E-state index in [0.717, 1.165) is 4.47 Å². The van der Waals surface area contributed by atoms with Crippen molar-refractivity contribution in [1.82, 2.24) is 0 Å². The lowest BCUT2D eigenvalue weighted by Crippen LogP contribution is -2.24. The first kappa shape index (κ1) is 9.55. The normalized spacial score (nSPS) is 9.83. The molecule has 0 aliphatic carbocycles. The number of carbonyl (C=O) groups excluding carboxylic acids is 1. The Morgan fingerprint density at radius 2 is 2.25 bits per heavy atom. The molecule has 1 aromatic rings. The summed E-state index contributed by atoms with van der Waals surface area (Å²) >= 11 is 8.97. The largest absolute Gasteiger partial charge is 0.550 e. The van der Waals surface area contributed by atoms with Gasteiger partial charge in [0.1, 0.15) is 0 Å². The maximum atomic E-state index is 10.2. The fourth-order valence-corrected chi connectivity index (χ4v) is 1.56. The molecular weight excluding hydrogens is 243 g/mol. The molecule has 0 saturated carbocycles. The second-order valence-corrected chi connectivity index (χ2v) is 3.61. The highest BCUT2D eigenvalue weighted by Gasteiger charge is 2.00. The van der Waals surface area contributed by atoms with E-state index in [2.05, 4.69) is 15.9 Å². The number of aliphatic carboxylic acids is 1. The maximum Gasteiger partial charge on any atom is 0.0458 e. The summed E-state index contributed by atoms with van der Waals surface area (Å²) < 4.78 is 0.828. The fourth-order valence-electron chi connectivity index (χ4n) is 0.821. The van der Waals surface area contributed by atoms with Gasteiger partial charge in [-0.15, -0.1) is 0 Å². The van der Waals surface area contributed by atoms with Crippen molar-refractivity contribution in [2.45, 2.75) is 6.42 Å². The van der Waals surface area contributed by atoms with E-state index in [-0.39, 0.29) is 6.42 Å². The van der Waals surface area contributed by atoms with Gasteiger partial charge in [-0.1, -0.05) is 33.6 Å². The third-order valence-corrected chi connectivity index (χ3v) is 2.20. The van der Waals surface area contributed by atoms with Crippen LogP contribution in [-0.2, 0) is 11.2 Å². The Hall–Kier alpha value is -0.540. The summed E-state index contributed by atoms with van der Waals surface area (Å²) in [7, 11) is 0. The van der Waals surface area contributed by atoms with Gasteiger partial charge in [0.2, 0.25) is 0 Å². The Balaban J connectivity index is 2.93. The summed E-state index contributed by atoms with van der Waals surface area (Å²) in [5.74, 6) is -1.13. The Morgan fingerprint density at radius 3 is 2.75 bits per heavy atom. The zero-order valence-corrected chi connectivity index (χ0v) is 8.35. The first-order chi connectivity index (χ1) is 5.59. The molecule has 0 radical (unpaired) electrons. The van der Waals surface area contributed by atoms with Gasteiger partial charge in [0.05, 0.1) is 0 Å². The average molecular weight is 248 g/mol. The molecule has 0 aliphatic heterocycles. The summed E-state index contributed by atoms with van der Waals surface area (Å²) in [6.45, 7) is 0. The molecule has 1 aromatic carbocycles. The number of carboxylic acids is 1. The van der Waals surface area contributed by atoms with Crippen molar-refractivity contribution >= 4 is 33.5 Å². The summed E-state index contributed by atoms with van der Waals surface area (Å²) in [6.07, 6.45) is -0.147. The second-order valence-electron chi connectivity index (χ2n) is 2.28. The lowest BCUT2D eigenvalue weighted by molar-refractivity contribution is -0.304. The Kier molecular flexibility index (Phi) is 3.12. The first-order valence-corrected chi connectivity index (χ1v) is 4.40. The van der Waals surface area contributed by atoms with Crippen LogP contribution < -0.4 is 5.11 Å². The number of hydrogen-bond acceptors (Lipinski definition) is 2. The van der Waals surface area contributed by atoms with Gasteiger partial charge in [0.25, 0.3) is 0 Å². The minimum Gasteiger partial charge on any atom is -0.550 e. The number of hydrogen-bond donors (Lipinski definition) is 0. The van der Waals surface area contributed by atoms with E-state index >= 15 is 0 Å². The highest BCUT2D eigenvalue weighted by Crippen LogP contribution is 2.21. The maximum absolute atomic E-state index is 10.2. The molecule has 0 amide bonds. The SMILES string of the molecule is O=C([O-])Cc1ccc(Br)cc1Cl. The molecule has 0 aliphatic rings. The molecule has 0 N–H and O–H groups in total. The highest BCUT2D eigenvalue weighted by atomic mass is 79.9. The van der Waals surface area contributed by atoms with Crippen molar-refractivity contribution in [2.24, 2.45) is 0 Å². The third-order valence-electron chi connectivity index (χ3n) is 1.35. The zero-order chi connectivity index (χ0) is 9.14. The summed E-state index contributed by atoms with van der Waals surface area (Å²) in [4.78, 5) is 10.2. The van der Waals surface area contributed by atoms with E-state index < -0.39 is 5.97 Å². The highest BCUT2D eigenvalue weighted by molar-refractivity contribution is 9.10. The molecule has 0 aromatic heterocycles. The predicted octanol–water partition coefficient (Wildman–Crippen LogP) is 1.39. The topological polar surface area (TPSA) is 40.1 Å². The minimum absolute atomic E-state index is 0.147. The van der Waals surface area contributed by atoms with Gasteiger partial charge in [-0.05, 0) is 17.7 Å². The van der Waals surface area contributed by atoms with E-state index in [9.17, 15) is 9.90 Å². The zero-order valence-electron chi connectivity index (χ0n) is 6.01. The number of carbonyl (C=O) groups is 1. The molecule has 1 rings (SSSR count). The van der Waals surface area contributed by atoms with Crippen LogP contribution in [0.1, 0.15) is 5.56 Å². The van der Waals surface area contributed by atoms with Crippen LogP contribution in [0.15, 0.2) is 22.7 Å². The van der Waals surface area contributed by atoms with E-state index in [0.29, 0.717) is 10.6 Å². The second kappa shape index (κ2) is 3.92. The van der Waals surface area contributed by atoms with E-state index in [1.165, 1.54) is 0 Å². The minimum atomic E-state index is -1.13. The molecule has 0 unspecified atom stereocenters. The molecule has 0 heterocycles. The fraction of sp³-hybridized carbons (Fsp3) is 0.125. The summed E-state index contributed by atoms with van der Waals surface area (Å²) in [5.41, 5.74) is 0.569. The van der Waals surface area contributed by atoms with Crippen LogP contribution in [0, 0.1) is 0 Å². The smallest absolute Gasteiger partial charge is 0.0458 e. The summed E-state index contributed by atoms with van der Waals surface area (Å²) in [6, 6.07) is 5.05. The van der Waals surface area contributed by atoms with Crippen LogP contribution >= 0.6 is 27.5 Å². The molecule has 0 fully saturated rings. The number of benzene rings is 1. The molecule has 0 saturated heterocycles. The van der Waals surface area contributed by atoms with Gasteiger partial charge in [-0.2, -0.15) is 0 Å². The van der Waals surface area contributed by atoms with Crippen LogP contribution in [0.2, 0.25) is 5.02 Å². The van der Waals surface area contributed by atoms with Gasteiger partial charge < -0.3 is 9.90 Å². The van der Waals surface area contributed by atoms with Crippen LogP contribution in [0.3, 0.4) is 0 Å². The van der Waals surface area contributed by atoms with E-state index in [1.54, 1.807) is 18.2 Å². The van der Waals surface area contributed by atoms with Crippen molar-refractivity contribution in [3.63, 3.8) is 0 Å². The quantitative estimate of drug-likeness (QED) is 0.794. The van der Waals surface area contributed by atoms with Crippen molar-refractivity contribution in [1.29, 1.82) is 0 Å². The standard InChI is InChI=1S/C8H6BrClO2/c9-6-2-1-5(3-8(11)12)7(10)4-6/h1-2,4H,3H2,(H,11,12)/p-1. The molecule has 64 valence electrons. The predicted molar refractivity (Wildman–Crippen MR) is 47.9 cm³/mol. The van der Waals surface area contributed by atoms with Gasteiger partial charge in [-0.3, -0.25) is 0 Å². The van der Waals surface area contributed by atoms with Crippen molar-refractivity contribution in [2.75, 3.05) is 0 Å². The molecule has 0 atom stereocenters. The first-order valence-electron chi connectivity index (χ1n) is 3.23. The van der Waals surface area contributed by atoms with Crippen LogP contribution in [0.25, 0.3) is 0 Å². The Labute approximate surface area is 83.3 Å². The van der Waals surface area contributed by atoms with Crippen molar-refractivity contribution in [3.8, 4) is 0 Å². The number of rotatable bonds is 2. The van der Waals surface area contributed by atoms with Crippen LogP contribution in [0.4, 0.5) is 0 Å². The lowest BCUT2D eigenvalue weighted by atomic mass is 10.1. The third kappa shape index (κ3) is 2.50. The van der Waals surface area contributed by atoms with E-state index in [1.807, 2.05) is 0 Å². The van der Waals surface area contributed by atoms with Crippen LogP contribution in [-0.4, -0.2) is 5.97 Å². The van der Waals surface area contributed by atoms with Gasteiger partial charge in [-0.25, -0.2) is 0 Å². The number of carboxylic acid groups (broad SMARTS) is 1. The molecule has 2 nitrogen and oxygen atoms in total. The number of halogens is 2. The molecule has 4 heteroatoms. The Morgan fingerprint density at radius 1 is 1.58 bits per heavy atom. The van der Waals surface area contributed by atoms with Gasteiger partial charge in [0, 0.05) is 21.9 Å². The van der Waals surface area contributed by atoms with Crippen molar-refractivity contribution in [3.05, 3.63) is 33.3 Å². The summed E-state index contributed by atoms with van der Waals surface area (Å²) in [5, 5.41) is 10.7. The molecular formula is C8H5BrClO2-. The molecule has 0 bridgehead atoms. The molecule has 12 heavy (non-hydrogen) atoms. The lowest BCUT2D eigenvalue weighted by Gasteiger charge is -2.04. The van der Waals surface area contributed by atoms with Crippen LogP contribution in [0.5, 0.6) is 0 Å². The molecule has 0 spiro atoms. The van der Waals surface area contributed by atoms with E-state index in [4.69, 9.17) is 11.6 Å². The van der Waals surface area contributed by atoms with Crippen molar-refractivity contribution < 1.29 is 9.90 Å².